The summed E-state index contributed by atoms with van der Waals surface area (Å²) >= 11 is 1.70. The predicted molar refractivity (Wildman–Crippen MR) is 106 cm³/mol. The van der Waals surface area contributed by atoms with Gasteiger partial charge in [0.15, 0.2) is 5.65 Å². The molecular weight excluding hydrogens is 346 g/mol. The van der Waals surface area contributed by atoms with E-state index in [4.69, 9.17) is 9.72 Å². The van der Waals surface area contributed by atoms with E-state index in [0.717, 1.165) is 66.9 Å². The van der Waals surface area contributed by atoms with E-state index in [2.05, 4.69) is 50.9 Å². The summed E-state index contributed by atoms with van der Waals surface area (Å²) in [6, 6.07) is 8.40. The second-order valence-electron chi connectivity index (χ2n) is 6.59. The minimum atomic E-state index is 0.779. The summed E-state index contributed by atoms with van der Waals surface area (Å²) in [7, 11) is 0. The van der Waals surface area contributed by atoms with Gasteiger partial charge in [-0.3, -0.25) is 4.90 Å². The number of rotatable bonds is 7. The van der Waals surface area contributed by atoms with Crippen LogP contribution in [0.5, 0.6) is 0 Å². The van der Waals surface area contributed by atoms with E-state index in [1.54, 1.807) is 11.8 Å². The van der Waals surface area contributed by atoms with Crippen LogP contribution in [0.4, 0.5) is 0 Å². The number of hydrogen-bond donors (Lipinski definition) is 0. The van der Waals surface area contributed by atoms with Crippen LogP contribution in [-0.4, -0.2) is 63.2 Å². The highest BCUT2D eigenvalue weighted by molar-refractivity contribution is 7.99. The lowest BCUT2D eigenvalue weighted by Gasteiger charge is -2.26. The van der Waals surface area contributed by atoms with E-state index >= 15 is 0 Å². The molecule has 0 amide bonds. The Hall–Kier alpha value is -1.70. The monoisotopic (exact) mass is 371 g/mol. The van der Waals surface area contributed by atoms with Crippen LogP contribution in [0.25, 0.3) is 22.1 Å². The lowest BCUT2D eigenvalue weighted by atomic mass is 10.2. The van der Waals surface area contributed by atoms with Gasteiger partial charge in [0.1, 0.15) is 5.52 Å². The molecule has 0 saturated carbocycles. The van der Waals surface area contributed by atoms with Crippen molar-refractivity contribution in [1.29, 1.82) is 0 Å². The van der Waals surface area contributed by atoms with Gasteiger partial charge in [0.05, 0.1) is 18.7 Å². The van der Waals surface area contributed by atoms with E-state index in [1.807, 2.05) is 0 Å². The molecule has 1 saturated heterocycles. The Labute approximate surface area is 157 Å². The van der Waals surface area contributed by atoms with Crippen molar-refractivity contribution in [2.45, 2.75) is 31.5 Å². The molecule has 0 atom stereocenters. The van der Waals surface area contributed by atoms with Gasteiger partial charge in [0, 0.05) is 37.3 Å². The molecule has 0 radical (unpaired) electrons. The zero-order chi connectivity index (χ0) is 17.8. The maximum Gasteiger partial charge on any atom is 0.211 e. The summed E-state index contributed by atoms with van der Waals surface area (Å²) in [6.07, 6.45) is 2.36. The Kier molecular flexibility index (Phi) is 5.67. The van der Waals surface area contributed by atoms with E-state index in [0.29, 0.717) is 0 Å². The molecule has 1 fully saturated rings. The maximum absolute atomic E-state index is 5.46. The number of para-hydroxylation sites is 1. The molecule has 0 N–H and O–H groups in total. The van der Waals surface area contributed by atoms with Crippen molar-refractivity contribution >= 4 is 33.8 Å². The number of benzene rings is 1. The number of hydrogen-bond acceptors (Lipinski definition) is 6. The molecule has 7 heteroatoms. The third-order valence-electron chi connectivity index (χ3n) is 4.83. The fourth-order valence-corrected chi connectivity index (χ4v) is 4.22. The van der Waals surface area contributed by atoms with Crippen LogP contribution in [-0.2, 0) is 11.3 Å². The number of fused-ring (bicyclic) bond motifs is 3. The highest BCUT2D eigenvalue weighted by Crippen LogP contribution is 2.27. The Bertz CT molecular complexity index is 875. The molecule has 0 aliphatic carbocycles. The Morgan fingerprint density at radius 1 is 1.12 bits per heavy atom. The van der Waals surface area contributed by atoms with Crippen LogP contribution in [0, 0.1) is 0 Å². The molecule has 138 valence electrons. The van der Waals surface area contributed by atoms with Gasteiger partial charge in [-0.25, -0.2) is 4.98 Å². The number of morpholine rings is 1. The van der Waals surface area contributed by atoms with Crippen LogP contribution in [0.15, 0.2) is 29.4 Å². The molecule has 2 aromatic heterocycles. The molecule has 6 nitrogen and oxygen atoms in total. The molecule has 26 heavy (non-hydrogen) atoms. The van der Waals surface area contributed by atoms with Crippen LogP contribution >= 0.6 is 11.8 Å². The Morgan fingerprint density at radius 2 is 1.96 bits per heavy atom. The molecule has 0 spiro atoms. The van der Waals surface area contributed by atoms with Gasteiger partial charge in [-0.2, -0.15) is 0 Å². The minimum Gasteiger partial charge on any atom is -0.379 e. The van der Waals surface area contributed by atoms with Crippen molar-refractivity contribution in [2.75, 3.05) is 38.6 Å². The summed E-state index contributed by atoms with van der Waals surface area (Å²) in [5.74, 6) is 1.04. The molecule has 3 heterocycles. The number of unbranched alkanes of at least 4 members (excludes halogenated alkanes) is 1. The van der Waals surface area contributed by atoms with Crippen molar-refractivity contribution in [3.8, 4) is 0 Å². The highest BCUT2D eigenvalue weighted by Gasteiger charge is 2.16. The van der Waals surface area contributed by atoms with Crippen molar-refractivity contribution in [1.82, 2.24) is 24.6 Å². The van der Waals surface area contributed by atoms with Gasteiger partial charge < -0.3 is 9.30 Å². The molecule has 0 bridgehead atoms. The van der Waals surface area contributed by atoms with E-state index in [9.17, 15) is 0 Å². The van der Waals surface area contributed by atoms with Crippen molar-refractivity contribution in [2.24, 2.45) is 0 Å². The first-order chi connectivity index (χ1) is 12.9. The van der Waals surface area contributed by atoms with E-state index < -0.39 is 0 Å². The average Bonchev–Trinajstić information content (AvgIpc) is 3.00. The van der Waals surface area contributed by atoms with Crippen LogP contribution in [0.2, 0.25) is 0 Å². The first-order valence-electron chi connectivity index (χ1n) is 9.41. The number of ether oxygens (including phenoxy) is 1. The predicted octanol–water partition coefficient (Wildman–Crippen LogP) is 3.20. The van der Waals surface area contributed by atoms with Gasteiger partial charge in [0.2, 0.25) is 5.16 Å². The second-order valence-corrected chi connectivity index (χ2v) is 7.65. The average molecular weight is 372 g/mol. The smallest absolute Gasteiger partial charge is 0.211 e. The van der Waals surface area contributed by atoms with Crippen molar-refractivity contribution in [3.63, 3.8) is 0 Å². The Morgan fingerprint density at radius 3 is 2.81 bits per heavy atom. The van der Waals surface area contributed by atoms with Crippen molar-refractivity contribution < 1.29 is 4.74 Å². The normalized spacial score (nSPS) is 15.9. The summed E-state index contributed by atoms with van der Waals surface area (Å²) < 4.78 is 7.76. The van der Waals surface area contributed by atoms with Gasteiger partial charge in [-0.05, 0) is 12.5 Å². The second kappa shape index (κ2) is 8.33. The molecule has 1 aliphatic heterocycles. The van der Waals surface area contributed by atoms with Gasteiger partial charge >= 0.3 is 0 Å². The maximum atomic E-state index is 5.46. The summed E-state index contributed by atoms with van der Waals surface area (Å²) in [6.45, 7) is 7.77. The van der Waals surface area contributed by atoms with Crippen LogP contribution in [0.3, 0.4) is 0 Å². The molecule has 4 rings (SSSR count). The molecule has 0 unspecified atom stereocenters. The molecule has 1 aliphatic rings. The number of thioether (sulfide) groups is 1. The van der Waals surface area contributed by atoms with Gasteiger partial charge in [-0.1, -0.05) is 43.3 Å². The quantitative estimate of drug-likeness (QED) is 0.470. The Balaban J connectivity index is 1.66. The van der Waals surface area contributed by atoms with E-state index in [-0.39, 0.29) is 0 Å². The largest absolute Gasteiger partial charge is 0.379 e. The number of nitrogens with zero attached hydrogens (tertiary/aromatic N) is 5. The van der Waals surface area contributed by atoms with Gasteiger partial charge in [0.25, 0.3) is 0 Å². The minimum absolute atomic E-state index is 0.779. The fraction of sp³-hybridized carbons (Fsp3) is 0.526. The topological polar surface area (TPSA) is 56.1 Å². The van der Waals surface area contributed by atoms with Crippen molar-refractivity contribution in [3.05, 3.63) is 24.3 Å². The lowest BCUT2D eigenvalue weighted by molar-refractivity contribution is 0.0366. The first-order valence-corrected chi connectivity index (χ1v) is 10.4. The fourth-order valence-electron chi connectivity index (χ4n) is 3.35. The van der Waals surface area contributed by atoms with Crippen LogP contribution in [0.1, 0.15) is 19.8 Å². The third kappa shape index (κ3) is 3.70. The zero-order valence-electron chi connectivity index (χ0n) is 15.2. The molecule has 3 aromatic rings. The number of aromatic nitrogens is 4. The SMILES string of the molecule is CCCCSc1nnc2c3ccccc3n(CCN3CCOCC3)c2n1. The van der Waals surface area contributed by atoms with Gasteiger partial charge in [-0.15, -0.1) is 10.2 Å². The third-order valence-corrected chi connectivity index (χ3v) is 5.75. The summed E-state index contributed by atoms with van der Waals surface area (Å²) in [5, 5.41) is 10.8. The highest BCUT2D eigenvalue weighted by atomic mass is 32.2. The molecular formula is C19H25N5OS. The standard InChI is InChI=1S/C19H25N5OS/c1-2-3-14-26-19-20-18-17(21-22-19)15-6-4-5-7-16(15)24(18)9-8-23-10-12-25-13-11-23/h4-7H,2-3,8-14H2,1H3. The molecule has 1 aromatic carbocycles. The van der Waals surface area contributed by atoms with Crippen LogP contribution < -0.4 is 0 Å². The summed E-state index contributed by atoms with van der Waals surface area (Å²) in [4.78, 5) is 7.31. The van der Waals surface area contributed by atoms with E-state index in [1.165, 1.54) is 18.4 Å². The summed E-state index contributed by atoms with van der Waals surface area (Å²) in [5.41, 5.74) is 3.05. The first kappa shape index (κ1) is 17.7. The lowest BCUT2D eigenvalue weighted by Crippen LogP contribution is -2.38. The zero-order valence-corrected chi connectivity index (χ0v) is 16.0.